The van der Waals surface area contributed by atoms with E-state index in [9.17, 15) is 0 Å². The normalized spacial score (nSPS) is 12.1. The molecular weight excluding hydrogens is 210 g/mol. The van der Waals surface area contributed by atoms with Gasteiger partial charge in [-0.1, -0.05) is 30.8 Å². The molecule has 0 saturated carbocycles. The van der Waals surface area contributed by atoms with E-state index >= 15 is 0 Å². The van der Waals surface area contributed by atoms with E-state index in [1.54, 1.807) is 6.20 Å². The number of hydrogen-bond acceptors (Lipinski definition) is 3. The molecule has 4 N–H and O–H groups in total. The monoisotopic (exact) mass is 233 g/mol. The largest absolute Gasteiger partial charge is 0.391 e. The SMILES string of the molecule is C=CNCC(CCNN)Cc1ccccc1C. The number of nitrogens with one attached hydrogen (secondary N) is 2. The molecule has 17 heavy (non-hydrogen) atoms. The summed E-state index contributed by atoms with van der Waals surface area (Å²) >= 11 is 0. The summed E-state index contributed by atoms with van der Waals surface area (Å²) in [4.78, 5) is 0. The molecule has 1 unspecified atom stereocenters. The van der Waals surface area contributed by atoms with Gasteiger partial charge in [-0.25, -0.2) is 0 Å². The van der Waals surface area contributed by atoms with Gasteiger partial charge in [-0.2, -0.15) is 0 Å². The van der Waals surface area contributed by atoms with Crippen molar-refractivity contribution in [3.05, 3.63) is 48.2 Å². The Morgan fingerprint density at radius 2 is 2.18 bits per heavy atom. The van der Waals surface area contributed by atoms with E-state index in [1.165, 1.54) is 11.1 Å². The van der Waals surface area contributed by atoms with E-state index in [4.69, 9.17) is 5.84 Å². The summed E-state index contributed by atoms with van der Waals surface area (Å²) in [7, 11) is 0. The summed E-state index contributed by atoms with van der Waals surface area (Å²) in [5, 5.41) is 3.19. The molecule has 0 aliphatic carbocycles. The number of hydrogen-bond donors (Lipinski definition) is 3. The zero-order valence-corrected chi connectivity index (χ0v) is 10.6. The molecule has 0 fully saturated rings. The first-order valence-corrected chi connectivity index (χ1v) is 6.10. The molecule has 0 aliphatic rings. The Labute approximate surface area is 104 Å². The molecule has 3 heteroatoms. The van der Waals surface area contributed by atoms with Gasteiger partial charge in [0.05, 0.1) is 0 Å². The summed E-state index contributed by atoms with van der Waals surface area (Å²) < 4.78 is 0. The Morgan fingerprint density at radius 3 is 2.82 bits per heavy atom. The predicted molar refractivity (Wildman–Crippen MR) is 73.4 cm³/mol. The molecule has 0 bridgehead atoms. The molecule has 0 aromatic heterocycles. The smallest absolute Gasteiger partial charge is 0.0173 e. The first-order valence-electron chi connectivity index (χ1n) is 6.10. The second-order valence-electron chi connectivity index (χ2n) is 4.35. The standard InChI is InChI=1S/C14H23N3/c1-3-16-11-13(8-9-17-15)10-14-7-5-4-6-12(14)2/h3-7,13,16-17H,1,8-11,15H2,2H3. The highest BCUT2D eigenvalue weighted by molar-refractivity contribution is 5.25. The van der Waals surface area contributed by atoms with Crippen molar-refractivity contribution in [1.82, 2.24) is 10.7 Å². The van der Waals surface area contributed by atoms with Gasteiger partial charge in [-0.05, 0) is 43.0 Å². The molecule has 1 atom stereocenters. The molecule has 1 aromatic carbocycles. The number of nitrogens with two attached hydrogens (primary N) is 1. The zero-order valence-electron chi connectivity index (χ0n) is 10.6. The summed E-state index contributed by atoms with van der Waals surface area (Å²) in [6.07, 6.45) is 3.89. The van der Waals surface area contributed by atoms with Crippen LogP contribution in [0.15, 0.2) is 37.0 Å². The van der Waals surface area contributed by atoms with E-state index < -0.39 is 0 Å². The maximum atomic E-state index is 5.34. The maximum Gasteiger partial charge on any atom is 0.0173 e. The van der Waals surface area contributed by atoms with Crippen molar-refractivity contribution in [3.8, 4) is 0 Å². The Kier molecular flexibility index (Phi) is 6.37. The molecule has 0 amide bonds. The topological polar surface area (TPSA) is 50.1 Å². The molecular formula is C14H23N3. The molecule has 0 saturated heterocycles. The van der Waals surface area contributed by atoms with Crippen LogP contribution in [-0.2, 0) is 6.42 Å². The van der Waals surface area contributed by atoms with E-state index in [-0.39, 0.29) is 0 Å². The van der Waals surface area contributed by atoms with Crippen LogP contribution in [0.4, 0.5) is 0 Å². The van der Waals surface area contributed by atoms with Crippen LogP contribution >= 0.6 is 0 Å². The summed E-state index contributed by atoms with van der Waals surface area (Å²) in [6.45, 7) is 7.63. The van der Waals surface area contributed by atoms with E-state index in [1.807, 2.05) is 0 Å². The van der Waals surface area contributed by atoms with Crippen LogP contribution in [0.2, 0.25) is 0 Å². The fraction of sp³-hybridized carbons (Fsp3) is 0.429. The lowest BCUT2D eigenvalue weighted by Crippen LogP contribution is -2.28. The van der Waals surface area contributed by atoms with Gasteiger partial charge < -0.3 is 5.32 Å². The fourth-order valence-electron chi connectivity index (χ4n) is 1.96. The predicted octanol–water partition coefficient (Wildman–Crippen LogP) is 1.74. The molecule has 1 rings (SSSR count). The fourth-order valence-corrected chi connectivity index (χ4v) is 1.96. The lowest BCUT2D eigenvalue weighted by Gasteiger charge is -2.18. The molecule has 3 nitrogen and oxygen atoms in total. The lowest BCUT2D eigenvalue weighted by molar-refractivity contribution is 0.453. The number of rotatable bonds is 8. The number of aryl methyl sites for hydroxylation is 1. The van der Waals surface area contributed by atoms with E-state index in [0.29, 0.717) is 5.92 Å². The molecule has 94 valence electrons. The van der Waals surface area contributed by atoms with Gasteiger partial charge in [0.2, 0.25) is 0 Å². The minimum Gasteiger partial charge on any atom is -0.391 e. The van der Waals surface area contributed by atoms with Gasteiger partial charge in [-0.3, -0.25) is 11.3 Å². The van der Waals surface area contributed by atoms with Crippen molar-refractivity contribution < 1.29 is 0 Å². The van der Waals surface area contributed by atoms with Crippen molar-refractivity contribution in [1.29, 1.82) is 0 Å². The van der Waals surface area contributed by atoms with Crippen molar-refractivity contribution >= 4 is 0 Å². The molecule has 0 aliphatic heterocycles. The Morgan fingerprint density at radius 1 is 1.41 bits per heavy atom. The number of benzene rings is 1. The summed E-state index contributed by atoms with van der Waals surface area (Å²) in [6, 6.07) is 8.54. The van der Waals surface area contributed by atoms with Crippen molar-refractivity contribution in [3.63, 3.8) is 0 Å². The molecule has 0 spiro atoms. The van der Waals surface area contributed by atoms with Crippen LogP contribution < -0.4 is 16.6 Å². The van der Waals surface area contributed by atoms with Crippen molar-refractivity contribution in [2.75, 3.05) is 13.1 Å². The average molecular weight is 233 g/mol. The zero-order chi connectivity index (χ0) is 12.5. The highest BCUT2D eigenvalue weighted by atomic mass is 15.2. The van der Waals surface area contributed by atoms with Gasteiger partial charge in [0, 0.05) is 13.1 Å². The lowest BCUT2D eigenvalue weighted by atomic mass is 9.93. The van der Waals surface area contributed by atoms with Gasteiger partial charge in [0.25, 0.3) is 0 Å². The minimum absolute atomic E-state index is 0.574. The molecule has 0 heterocycles. The first-order chi connectivity index (χ1) is 8.27. The Bertz CT molecular complexity index is 336. The highest BCUT2D eigenvalue weighted by Gasteiger charge is 2.09. The minimum atomic E-state index is 0.574. The van der Waals surface area contributed by atoms with E-state index in [2.05, 4.69) is 48.5 Å². The van der Waals surface area contributed by atoms with Crippen LogP contribution in [0.1, 0.15) is 17.5 Å². The molecule has 1 aromatic rings. The summed E-state index contributed by atoms with van der Waals surface area (Å²) in [5.41, 5.74) is 5.50. The Balaban J connectivity index is 2.57. The second kappa shape index (κ2) is 7.87. The third-order valence-electron chi connectivity index (χ3n) is 3.02. The van der Waals surface area contributed by atoms with Gasteiger partial charge in [-0.15, -0.1) is 0 Å². The third-order valence-corrected chi connectivity index (χ3v) is 3.02. The van der Waals surface area contributed by atoms with Gasteiger partial charge in [0.1, 0.15) is 0 Å². The second-order valence-corrected chi connectivity index (χ2v) is 4.35. The third kappa shape index (κ3) is 5.02. The quantitative estimate of drug-likeness (QED) is 0.473. The highest BCUT2D eigenvalue weighted by Crippen LogP contribution is 2.15. The maximum absolute atomic E-state index is 5.34. The first kappa shape index (κ1) is 13.7. The van der Waals surface area contributed by atoms with Crippen molar-refractivity contribution in [2.24, 2.45) is 11.8 Å². The molecule has 0 radical (unpaired) electrons. The van der Waals surface area contributed by atoms with Crippen molar-refractivity contribution in [2.45, 2.75) is 19.8 Å². The van der Waals surface area contributed by atoms with Crippen LogP contribution in [-0.4, -0.2) is 13.1 Å². The van der Waals surface area contributed by atoms with Gasteiger partial charge in [0.15, 0.2) is 0 Å². The van der Waals surface area contributed by atoms with Crippen LogP contribution in [0, 0.1) is 12.8 Å². The Hall–Kier alpha value is -1.32. The van der Waals surface area contributed by atoms with Gasteiger partial charge >= 0.3 is 0 Å². The van der Waals surface area contributed by atoms with Crippen LogP contribution in [0.5, 0.6) is 0 Å². The van der Waals surface area contributed by atoms with Crippen LogP contribution in [0.3, 0.4) is 0 Å². The average Bonchev–Trinajstić information content (AvgIpc) is 2.35. The summed E-state index contributed by atoms with van der Waals surface area (Å²) in [5.74, 6) is 5.91. The van der Waals surface area contributed by atoms with Crippen LogP contribution in [0.25, 0.3) is 0 Å². The number of hydrazine groups is 1. The van der Waals surface area contributed by atoms with E-state index in [0.717, 1.165) is 25.9 Å².